The molecule has 1 N–H and O–H groups in total. The van der Waals surface area contributed by atoms with Gasteiger partial charge in [-0.25, -0.2) is 4.79 Å². The largest absolute Gasteiger partial charge is 0.454 e. The summed E-state index contributed by atoms with van der Waals surface area (Å²) in [7, 11) is 1.48. The van der Waals surface area contributed by atoms with Crippen molar-refractivity contribution in [1.29, 1.82) is 0 Å². The molecule has 1 aliphatic carbocycles. The van der Waals surface area contributed by atoms with Crippen LogP contribution in [0.5, 0.6) is 11.5 Å². The lowest BCUT2D eigenvalue weighted by Crippen LogP contribution is -2.47. The summed E-state index contributed by atoms with van der Waals surface area (Å²) in [4.78, 5) is 26.9. The van der Waals surface area contributed by atoms with E-state index in [1.807, 2.05) is 13.0 Å². The third-order valence-electron chi connectivity index (χ3n) is 5.33. The van der Waals surface area contributed by atoms with Crippen LogP contribution in [-0.2, 0) is 4.79 Å². The molecule has 1 saturated heterocycles. The van der Waals surface area contributed by atoms with Gasteiger partial charge in [-0.1, -0.05) is 44.0 Å². The third-order valence-corrected chi connectivity index (χ3v) is 7.49. The normalized spacial score (nSPS) is 29.8. The highest BCUT2D eigenvalue weighted by Gasteiger charge is 2.45. The van der Waals surface area contributed by atoms with E-state index in [9.17, 15) is 14.7 Å². The first-order chi connectivity index (χ1) is 12.8. The number of ether oxygens (including phenoxy) is 2. The number of rotatable bonds is 2. The molecular formula is C18H18Br2N2O5. The molecule has 4 rings (SSSR count). The number of halogens is 2. The van der Waals surface area contributed by atoms with Crippen molar-refractivity contribution in [3.8, 4) is 11.5 Å². The summed E-state index contributed by atoms with van der Waals surface area (Å²) in [5, 5.41) is 10.4. The maximum absolute atomic E-state index is 12.6. The number of nitrogens with zero attached hydrogens (tertiary/aromatic N) is 2. The van der Waals surface area contributed by atoms with Crippen LogP contribution in [0.4, 0.5) is 4.79 Å². The fraction of sp³-hybridized carbons (Fsp3) is 0.444. The third kappa shape index (κ3) is 2.87. The van der Waals surface area contributed by atoms with Crippen LogP contribution >= 0.6 is 31.9 Å². The van der Waals surface area contributed by atoms with E-state index in [0.717, 1.165) is 20.5 Å². The van der Waals surface area contributed by atoms with Crippen LogP contribution in [0.3, 0.4) is 0 Å². The summed E-state index contributed by atoms with van der Waals surface area (Å²) in [5.74, 6) is 0.780. The van der Waals surface area contributed by atoms with Crippen molar-refractivity contribution in [3.05, 3.63) is 33.8 Å². The predicted molar refractivity (Wildman–Crippen MR) is 104 cm³/mol. The van der Waals surface area contributed by atoms with E-state index in [2.05, 4.69) is 31.9 Å². The van der Waals surface area contributed by atoms with E-state index in [-0.39, 0.29) is 36.0 Å². The summed E-state index contributed by atoms with van der Waals surface area (Å²) < 4.78 is 11.9. The number of benzene rings is 1. The zero-order chi connectivity index (χ0) is 19.5. The van der Waals surface area contributed by atoms with Crippen molar-refractivity contribution in [2.45, 2.75) is 29.8 Å². The Bertz CT molecular complexity index is 859. The van der Waals surface area contributed by atoms with E-state index in [1.54, 1.807) is 12.2 Å². The zero-order valence-corrected chi connectivity index (χ0v) is 17.9. The Labute approximate surface area is 173 Å². The van der Waals surface area contributed by atoms with Crippen LogP contribution in [-0.4, -0.2) is 64.2 Å². The second-order valence-electron chi connectivity index (χ2n) is 6.84. The minimum atomic E-state index is -0.727. The highest BCUT2D eigenvalue weighted by molar-refractivity contribution is 9.10. The van der Waals surface area contributed by atoms with E-state index < -0.39 is 12.1 Å². The summed E-state index contributed by atoms with van der Waals surface area (Å²) in [6.45, 7) is 2.09. The molecule has 4 atom stereocenters. The predicted octanol–water partition coefficient (Wildman–Crippen LogP) is 2.53. The molecule has 2 heterocycles. The van der Waals surface area contributed by atoms with Gasteiger partial charge in [0, 0.05) is 23.0 Å². The van der Waals surface area contributed by atoms with Crippen molar-refractivity contribution in [3.63, 3.8) is 0 Å². The summed E-state index contributed by atoms with van der Waals surface area (Å²) >= 11 is 7.25. The number of fused-ring (bicyclic) bond motifs is 1. The highest BCUT2D eigenvalue weighted by atomic mass is 79.9. The lowest BCUT2D eigenvalue weighted by atomic mass is 9.81. The number of hydrogen-bond donors (Lipinski definition) is 1. The Hall–Kier alpha value is -1.58. The summed E-state index contributed by atoms with van der Waals surface area (Å²) in [6.07, 6.45) is 2.73. The Morgan fingerprint density at radius 3 is 2.67 bits per heavy atom. The van der Waals surface area contributed by atoms with Gasteiger partial charge in [0.15, 0.2) is 11.5 Å². The first kappa shape index (κ1) is 18.8. The van der Waals surface area contributed by atoms with Gasteiger partial charge in [0.25, 0.3) is 0 Å². The van der Waals surface area contributed by atoms with Crippen LogP contribution in [0.1, 0.15) is 17.0 Å². The van der Waals surface area contributed by atoms with Crippen LogP contribution < -0.4 is 9.47 Å². The summed E-state index contributed by atoms with van der Waals surface area (Å²) in [5.41, 5.74) is 1.77. The molecule has 0 bridgehead atoms. The number of aliphatic hydroxyl groups is 1. The Kier molecular flexibility index (Phi) is 4.72. The minimum absolute atomic E-state index is 0.0117. The molecular weight excluding hydrogens is 484 g/mol. The number of amides is 3. The number of aliphatic hydroxyl groups excluding tert-OH is 1. The summed E-state index contributed by atoms with van der Waals surface area (Å²) in [6, 6.07) is 1.14. The molecule has 0 saturated carbocycles. The van der Waals surface area contributed by atoms with Gasteiger partial charge in [-0.3, -0.25) is 9.69 Å². The average molecular weight is 502 g/mol. The van der Waals surface area contributed by atoms with Crippen LogP contribution in [0.2, 0.25) is 0 Å². The van der Waals surface area contributed by atoms with Gasteiger partial charge >= 0.3 is 6.03 Å². The molecule has 27 heavy (non-hydrogen) atoms. The molecule has 0 spiro atoms. The van der Waals surface area contributed by atoms with Gasteiger partial charge in [0.2, 0.25) is 12.7 Å². The van der Waals surface area contributed by atoms with Crippen molar-refractivity contribution >= 4 is 43.8 Å². The number of imide groups is 1. The van der Waals surface area contributed by atoms with Crippen molar-refractivity contribution < 1.29 is 24.2 Å². The monoisotopic (exact) mass is 500 g/mol. The maximum atomic E-state index is 12.6. The quantitative estimate of drug-likeness (QED) is 0.382. The smallest absolute Gasteiger partial charge is 0.327 e. The van der Waals surface area contributed by atoms with Crippen molar-refractivity contribution in [2.24, 2.45) is 0 Å². The number of carbonyl (C=O) groups is 2. The number of carbonyl (C=O) groups excluding carboxylic acids is 2. The van der Waals surface area contributed by atoms with Crippen LogP contribution in [0.25, 0.3) is 0 Å². The molecule has 1 aromatic carbocycles. The first-order valence-electron chi connectivity index (χ1n) is 8.47. The van der Waals surface area contributed by atoms with Gasteiger partial charge < -0.3 is 19.5 Å². The SMILES string of the molecule is Cc1c(Br)c([C@H]2[C@@H](Br)[C@H](O)C=C[C@@H]2N2CC(=O)N(C)C2=O)cc2c1OCO2. The van der Waals surface area contributed by atoms with Crippen molar-refractivity contribution in [2.75, 3.05) is 20.4 Å². The molecule has 3 aliphatic rings. The lowest BCUT2D eigenvalue weighted by molar-refractivity contribution is -0.124. The fourth-order valence-corrected chi connectivity index (χ4v) is 5.14. The highest BCUT2D eigenvalue weighted by Crippen LogP contribution is 2.48. The Morgan fingerprint density at radius 1 is 1.26 bits per heavy atom. The second-order valence-corrected chi connectivity index (χ2v) is 8.69. The van der Waals surface area contributed by atoms with Crippen molar-refractivity contribution in [1.82, 2.24) is 9.80 Å². The number of alkyl halides is 1. The molecule has 0 unspecified atom stereocenters. The molecule has 1 fully saturated rings. The van der Waals surface area contributed by atoms with Gasteiger partial charge in [-0.2, -0.15) is 0 Å². The maximum Gasteiger partial charge on any atom is 0.327 e. The number of hydrogen-bond acceptors (Lipinski definition) is 5. The number of likely N-dealkylation sites (N-methyl/N-ethyl adjacent to an activating group) is 1. The average Bonchev–Trinajstić information content (AvgIpc) is 3.21. The van der Waals surface area contributed by atoms with E-state index in [0.29, 0.717) is 11.5 Å². The topological polar surface area (TPSA) is 79.3 Å². The lowest BCUT2D eigenvalue weighted by Gasteiger charge is -2.39. The molecule has 0 aromatic heterocycles. The standard InChI is InChI=1S/C18H18Br2N2O5/c1-8-15(19)9(5-12-17(8)27-7-26-12)14-10(3-4-11(23)16(14)20)22-6-13(24)21(2)18(22)25/h3-5,10-11,14,16,23H,6-7H2,1-2H3/t10-,11+,14+,16-/m0/s1. The van der Waals surface area contributed by atoms with Gasteiger partial charge in [0.1, 0.15) is 6.54 Å². The van der Waals surface area contributed by atoms with Gasteiger partial charge in [-0.05, 0) is 18.6 Å². The first-order valence-corrected chi connectivity index (χ1v) is 10.2. The zero-order valence-electron chi connectivity index (χ0n) is 14.7. The van der Waals surface area contributed by atoms with Gasteiger partial charge in [0.05, 0.1) is 17.0 Å². The van der Waals surface area contributed by atoms with Crippen LogP contribution in [0, 0.1) is 6.92 Å². The molecule has 3 amide bonds. The Balaban J connectivity index is 1.81. The second kappa shape index (κ2) is 6.79. The van der Waals surface area contributed by atoms with Gasteiger partial charge in [-0.15, -0.1) is 0 Å². The Morgan fingerprint density at radius 2 is 2.00 bits per heavy atom. The molecule has 1 aromatic rings. The van der Waals surface area contributed by atoms with E-state index in [4.69, 9.17) is 9.47 Å². The molecule has 2 aliphatic heterocycles. The van der Waals surface area contributed by atoms with E-state index >= 15 is 0 Å². The molecule has 0 radical (unpaired) electrons. The fourth-order valence-electron chi connectivity index (χ4n) is 3.81. The number of urea groups is 1. The molecule has 9 heteroatoms. The van der Waals surface area contributed by atoms with E-state index in [1.165, 1.54) is 11.9 Å². The molecule has 7 nitrogen and oxygen atoms in total. The molecule has 144 valence electrons. The van der Waals surface area contributed by atoms with Crippen LogP contribution in [0.15, 0.2) is 22.7 Å². The minimum Gasteiger partial charge on any atom is -0.454 e.